The standard InChI is InChI=1S/C31H21N/c1-2-12-23-21(10-1)20-22-11-9-16-27(31(22)23)26-15-5-8-19-30(26)32-28-17-6-3-13-24(28)25-14-4-7-18-29(25)32/h1-19H,20H2. The van der Waals surface area contributed by atoms with E-state index in [4.69, 9.17) is 0 Å². The van der Waals surface area contributed by atoms with E-state index < -0.39 is 0 Å². The number of nitrogens with zero attached hydrogens (tertiary/aromatic N) is 1. The SMILES string of the molecule is c1ccc2c(c1)Cc1cccc(-c3ccccc3-n3c4ccccc4c4ccccc43)c1-2. The first-order chi connectivity index (χ1) is 15.9. The van der Waals surface area contributed by atoms with Gasteiger partial charge < -0.3 is 4.57 Å². The van der Waals surface area contributed by atoms with E-state index in [-0.39, 0.29) is 0 Å². The van der Waals surface area contributed by atoms with Gasteiger partial charge in [-0.05, 0) is 52.4 Å². The molecule has 0 saturated carbocycles. The summed E-state index contributed by atoms with van der Waals surface area (Å²) in [6, 6.07) is 41.9. The maximum absolute atomic E-state index is 2.43. The number of fused-ring (bicyclic) bond motifs is 6. The van der Waals surface area contributed by atoms with E-state index in [9.17, 15) is 0 Å². The van der Waals surface area contributed by atoms with Gasteiger partial charge in [0.05, 0.1) is 16.7 Å². The van der Waals surface area contributed by atoms with Crippen molar-refractivity contribution in [1.29, 1.82) is 0 Å². The van der Waals surface area contributed by atoms with Crippen molar-refractivity contribution in [2.75, 3.05) is 0 Å². The Morgan fingerprint density at radius 2 is 1.00 bits per heavy atom. The topological polar surface area (TPSA) is 4.93 Å². The minimum atomic E-state index is 1.01. The van der Waals surface area contributed by atoms with Gasteiger partial charge >= 0.3 is 0 Å². The lowest BCUT2D eigenvalue weighted by Crippen LogP contribution is -1.98. The zero-order chi connectivity index (χ0) is 21.1. The lowest BCUT2D eigenvalue weighted by Gasteiger charge is -2.17. The molecule has 32 heavy (non-hydrogen) atoms. The van der Waals surface area contributed by atoms with Crippen molar-refractivity contribution in [3.8, 4) is 27.9 Å². The first-order valence-corrected chi connectivity index (χ1v) is 11.2. The van der Waals surface area contributed by atoms with Gasteiger partial charge in [0, 0.05) is 16.3 Å². The number of hydrogen-bond donors (Lipinski definition) is 0. The third-order valence-corrected chi connectivity index (χ3v) is 6.83. The normalized spacial score (nSPS) is 12.2. The molecule has 0 radical (unpaired) electrons. The van der Waals surface area contributed by atoms with Gasteiger partial charge in [-0.15, -0.1) is 0 Å². The summed E-state index contributed by atoms with van der Waals surface area (Å²) < 4.78 is 2.43. The van der Waals surface area contributed by atoms with Crippen molar-refractivity contribution in [2.24, 2.45) is 0 Å². The molecule has 5 aromatic carbocycles. The second kappa shape index (κ2) is 6.70. The van der Waals surface area contributed by atoms with Crippen LogP contribution in [0.2, 0.25) is 0 Å². The molecule has 0 amide bonds. The molecule has 0 unspecified atom stereocenters. The van der Waals surface area contributed by atoms with E-state index >= 15 is 0 Å². The van der Waals surface area contributed by atoms with Gasteiger partial charge in [0.15, 0.2) is 0 Å². The quantitative estimate of drug-likeness (QED) is 0.273. The Morgan fingerprint density at radius 1 is 0.438 bits per heavy atom. The highest BCUT2D eigenvalue weighted by Crippen LogP contribution is 2.45. The lowest BCUT2D eigenvalue weighted by atomic mass is 9.93. The Morgan fingerprint density at radius 3 is 1.78 bits per heavy atom. The molecule has 0 aliphatic heterocycles. The molecule has 0 N–H and O–H groups in total. The van der Waals surface area contributed by atoms with Gasteiger partial charge in [-0.1, -0.05) is 97.1 Å². The fourth-order valence-corrected chi connectivity index (χ4v) is 5.49. The highest BCUT2D eigenvalue weighted by atomic mass is 15.0. The van der Waals surface area contributed by atoms with E-state index in [1.54, 1.807) is 0 Å². The van der Waals surface area contributed by atoms with Crippen molar-refractivity contribution >= 4 is 21.8 Å². The van der Waals surface area contributed by atoms with Crippen LogP contribution in [0.4, 0.5) is 0 Å². The molecule has 1 heteroatoms. The average molecular weight is 408 g/mol. The largest absolute Gasteiger partial charge is 0.309 e. The van der Waals surface area contributed by atoms with Crippen LogP contribution in [-0.2, 0) is 6.42 Å². The minimum Gasteiger partial charge on any atom is -0.309 e. The molecule has 1 heterocycles. The van der Waals surface area contributed by atoms with E-state index in [0.29, 0.717) is 0 Å². The monoisotopic (exact) mass is 407 g/mol. The van der Waals surface area contributed by atoms with Gasteiger partial charge in [0.2, 0.25) is 0 Å². The fraction of sp³-hybridized carbons (Fsp3) is 0.0323. The number of para-hydroxylation sites is 3. The zero-order valence-corrected chi connectivity index (χ0v) is 17.6. The van der Waals surface area contributed by atoms with E-state index in [0.717, 1.165) is 6.42 Å². The predicted molar refractivity (Wildman–Crippen MR) is 134 cm³/mol. The molecule has 0 saturated heterocycles. The number of hydrogen-bond acceptors (Lipinski definition) is 0. The van der Waals surface area contributed by atoms with Crippen molar-refractivity contribution in [3.63, 3.8) is 0 Å². The minimum absolute atomic E-state index is 1.01. The summed E-state index contributed by atoms with van der Waals surface area (Å²) in [6.07, 6.45) is 1.01. The molecule has 1 aromatic heterocycles. The molecule has 0 bridgehead atoms. The summed E-state index contributed by atoms with van der Waals surface area (Å²) in [5.41, 5.74) is 11.9. The third kappa shape index (κ3) is 2.39. The van der Waals surface area contributed by atoms with Crippen LogP contribution in [0.25, 0.3) is 49.7 Å². The van der Waals surface area contributed by atoms with Crippen LogP contribution in [0.3, 0.4) is 0 Å². The van der Waals surface area contributed by atoms with Crippen molar-refractivity contribution < 1.29 is 0 Å². The van der Waals surface area contributed by atoms with Crippen LogP contribution in [-0.4, -0.2) is 4.57 Å². The molecule has 6 aromatic rings. The van der Waals surface area contributed by atoms with E-state index in [1.807, 2.05) is 0 Å². The predicted octanol–water partition coefficient (Wildman–Crippen LogP) is 8.02. The fourth-order valence-electron chi connectivity index (χ4n) is 5.49. The average Bonchev–Trinajstić information content (AvgIpc) is 3.40. The van der Waals surface area contributed by atoms with Crippen molar-refractivity contribution in [3.05, 3.63) is 126 Å². The third-order valence-electron chi connectivity index (χ3n) is 6.83. The maximum Gasteiger partial charge on any atom is 0.0541 e. The Bertz CT molecular complexity index is 1600. The van der Waals surface area contributed by atoms with Crippen molar-refractivity contribution in [1.82, 2.24) is 4.57 Å². The van der Waals surface area contributed by atoms with E-state index in [2.05, 4.69) is 120 Å². The Balaban J connectivity index is 1.57. The molecule has 0 fully saturated rings. The van der Waals surface area contributed by atoms with Gasteiger partial charge in [-0.3, -0.25) is 0 Å². The first-order valence-electron chi connectivity index (χ1n) is 11.2. The molecule has 150 valence electrons. The summed E-state index contributed by atoms with van der Waals surface area (Å²) in [5.74, 6) is 0. The molecule has 7 rings (SSSR count). The Hall–Kier alpha value is -4.10. The van der Waals surface area contributed by atoms with Crippen LogP contribution in [0.15, 0.2) is 115 Å². The molecular formula is C31H21N. The van der Waals surface area contributed by atoms with Crippen LogP contribution in [0.1, 0.15) is 11.1 Å². The molecule has 0 atom stereocenters. The van der Waals surface area contributed by atoms with Crippen LogP contribution in [0.5, 0.6) is 0 Å². The molecule has 1 nitrogen and oxygen atoms in total. The second-order valence-electron chi connectivity index (χ2n) is 8.56. The van der Waals surface area contributed by atoms with Crippen LogP contribution < -0.4 is 0 Å². The Labute approximate surface area is 187 Å². The number of aromatic nitrogens is 1. The van der Waals surface area contributed by atoms with Crippen molar-refractivity contribution in [2.45, 2.75) is 6.42 Å². The summed E-state index contributed by atoms with van der Waals surface area (Å²) in [7, 11) is 0. The first kappa shape index (κ1) is 17.6. The number of benzene rings is 5. The lowest BCUT2D eigenvalue weighted by molar-refractivity contribution is 1.18. The summed E-state index contributed by atoms with van der Waals surface area (Å²) >= 11 is 0. The summed E-state index contributed by atoms with van der Waals surface area (Å²) in [5, 5.41) is 2.59. The van der Waals surface area contributed by atoms with Crippen LogP contribution >= 0.6 is 0 Å². The smallest absolute Gasteiger partial charge is 0.0541 e. The van der Waals surface area contributed by atoms with Gasteiger partial charge in [0.25, 0.3) is 0 Å². The van der Waals surface area contributed by atoms with E-state index in [1.165, 1.54) is 60.9 Å². The zero-order valence-electron chi connectivity index (χ0n) is 17.6. The molecule has 1 aliphatic rings. The van der Waals surface area contributed by atoms with Gasteiger partial charge in [0.1, 0.15) is 0 Å². The molecule has 1 aliphatic carbocycles. The highest BCUT2D eigenvalue weighted by Gasteiger charge is 2.23. The molecule has 0 spiro atoms. The summed E-state index contributed by atoms with van der Waals surface area (Å²) in [4.78, 5) is 0. The maximum atomic E-state index is 2.43. The number of rotatable bonds is 2. The highest BCUT2D eigenvalue weighted by molar-refractivity contribution is 6.10. The van der Waals surface area contributed by atoms with Gasteiger partial charge in [-0.2, -0.15) is 0 Å². The second-order valence-corrected chi connectivity index (χ2v) is 8.56. The summed E-state index contributed by atoms with van der Waals surface area (Å²) in [6.45, 7) is 0. The molecular weight excluding hydrogens is 386 g/mol. The Kier molecular flexibility index (Phi) is 3.68. The van der Waals surface area contributed by atoms with Gasteiger partial charge in [-0.25, -0.2) is 0 Å². The van der Waals surface area contributed by atoms with Crippen LogP contribution in [0, 0.1) is 0 Å².